The van der Waals surface area contributed by atoms with Gasteiger partial charge in [0, 0.05) is 24.0 Å². The first-order chi connectivity index (χ1) is 14.5. The average Bonchev–Trinajstić information content (AvgIpc) is 2.73. The van der Waals surface area contributed by atoms with Crippen LogP contribution in [-0.4, -0.2) is 45.4 Å². The summed E-state index contributed by atoms with van der Waals surface area (Å²) in [5.41, 5.74) is 2.19. The molecular formula is C23H19N3O4. The van der Waals surface area contributed by atoms with Crippen LogP contribution in [0.3, 0.4) is 0 Å². The number of pyridine rings is 1. The lowest BCUT2D eigenvalue weighted by molar-refractivity contribution is -0.143. The van der Waals surface area contributed by atoms with Gasteiger partial charge in [-0.05, 0) is 35.9 Å². The van der Waals surface area contributed by atoms with Crippen molar-refractivity contribution >= 4 is 34.4 Å². The number of amides is 2. The van der Waals surface area contributed by atoms with E-state index in [4.69, 9.17) is 5.11 Å². The van der Waals surface area contributed by atoms with Gasteiger partial charge in [0.15, 0.2) is 0 Å². The quantitative estimate of drug-likeness (QED) is 0.640. The number of carboxylic acid groups (broad SMARTS) is 1. The minimum Gasteiger partial charge on any atom is -0.478 e. The highest BCUT2D eigenvalue weighted by Crippen LogP contribution is 2.36. The van der Waals surface area contributed by atoms with Gasteiger partial charge in [-0.1, -0.05) is 36.9 Å². The number of fused-ring (bicyclic) bond motifs is 1. The molecule has 0 bridgehead atoms. The molecule has 3 aromatic rings. The van der Waals surface area contributed by atoms with E-state index in [0.29, 0.717) is 17.7 Å². The van der Waals surface area contributed by atoms with E-state index in [1.165, 1.54) is 23.1 Å². The van der Waals surface area contributed by atoms with Gasteiger partial charge in [0.05, 0.1) is 16.8 Å². The number of carbonyl (C=O) groups excluding carboxylic acids is 2. The third-order valence-corrected chi connectivity index (χ3v) is 5.31. The second kappa shape index (κ2) is 7.79. The van der Waals surface area contributed by atoms with E-state index in [0.717, 1.165) is 10.9 Å². The van der Waals surface area contributed by atoms with Crippen molar-refractivity contribution < 1.29 is 19.5 Å². The predicted octanol–water partition coefficient (Wildman–Crippen LogP) is 3.05. The van der Waals surface area contributed by atoms with Crippen LogP contribution in [-0.2, 0) is 9.59 Å². The molecule has 1 aliphatic heterocycles. The van der Waals surface area contributed by atoms with Gasteiger partial charge >= 0.3 is 5.97 Å². The Kier molecular flexibility index (Phi) is 5.02. The fourth-order valence-corrected chi connectivity index (χ4v) is 3.75. The molecule has 1 aromatic heterocycles. The van der Waals surface area contributed by atoms with Gasteiger partial charge in [-0.25, -0.2) is 4.79 Å². The van der Waals surface area contributed by atoms with Gasteiger partial charge in [0.2, 0.25) is 11.8 Å². The number of rotatable bonds is 5. The summed E-state index contributed by atoms with van der Waals surface area (Å²) in [5.74, 6) is -1.93. The average molecular weight is 401 g/mol. The Morgan fingerprint density at radius 2 is 1.83 bits per heavy atom. The normalized spacial score (nSPS) is 17.8. The molecule has 30 heavy (non-hydrogen) atoms. The van der Waals surface area contributed by atoms with E-state index in [1.807, 2.05) is 24.3 Å². The molecule has 0 spiro atoms. The SMILES string of the molecule is C=CC(=O)N1C[C@@H](c2ccc(C(=O)O)cc2)[C@@H]1C(=O)Nc1cccc2cccnc12. The van der Waals surface area contributed by atoms with E-state index in [1.54, 1.807) is 24.4 Å². The van der Waals surface area contributed by atoms with Crippen LogP contribution in [0, 0.1) is 0 Å². The topological polar surface area (TPSA) is 99.6 Å². The third kappa shape index (κ3) is 3.41. The number of carbonyl (C=O) groups is 3. The Bertz CT molecular complexity index is 1150. The smallest absolute Gasteiger partial charge is 0.335 e. The first kappa shape index (κ1) is 19.3. The Morgan fingerprint density at radius 1 is 1.10 bits per heavy atom. The van der Waals surface area contributed by atoms with Crippen LogP contribution in [0.2, 0.25) is 0 Å². The number of nitrogens with one attached hydrogen (secondary N) is 1. The number of aromatic carboxylic acids is 1. The van der Waals surface area contributed by atoms with Crippen LogP contribution in [0.1, 0.15) is 21.8 Å². The fraction of sp³-hybridized carbons (Fsp3) is 0.130. The van der Waals surface area contributed by atoms with Crippen LogP contribution in [0.15, 0.2) is 73.4 Å². The highest BCUT2D eigenvalue weighted by Gasteiger charge is 2.46. The molecule has 0 aliphatic carbocycles. The van der Waals surface area contributed by atoms with Gasteiger partial charge in [-0.3, -0.25) is 14.6 Å². The first-order valence-corrected chi connectivity index (χ1v) is 9.40. The molecule has 2 heterocycles. The van der Waals surface area contributed by atoms with Crippen molar-refractivity contribution in [2.75, 3.05) is 11.9 Å². The van der Waals surface area contributed by atoms with E-state index < -0.39 is 12.0 Å². The number of aromatic nitrogens is 1. The lowest BCUT2D eigenvalue weighted by Crippen LogP contribution is -2.61. The second-order valence-electron chi connectivity index (χ2n) is 7.04. The molecule has 7 heteroatoms. The summed E-state index contributed by atoms with van der Waals surface area (Å²) in [6.07, 6.45) is 2.84. The fourth-order valence-electron chi connectivity index (χ4n) is 3.75. The van der Waals surface area contributed by atoms with Gasteiger partial charge < -0.3 is 15.3 Å². The molecule has 150 valence electrons. The van der Waals surface area contributed by atoms with E-state index in [2.05, 4.69) is 16.9 Å². The largest absolute Gasteiger partial charge is 0.478 e. The Balaban J connectivity index is 1.63. The number of hydrogen-bond acceptors (Lipinski definition) is 4. The summed E-state index contributed by atoms with van der Waals surface area (Å²) < 4.78 is 0. The van der Waals surface area contributed by atoms with Crippen LogP contribution in [0.5, 0.6) is 0 Å². The molecule has 0 radical (unpaired) electrons. The summed E-state index contributed by atoms with van der Waals surface area (Å²) in [6.45, 7) is 3.86. The van der Waals surface area contributed by atoms with Crippen molar-refractivity contribution in [2.45, 2.75) is 12.0 Å². The molecule has 7 nitrogen and oxygen atoms in total. The third-order valence-electron chi connectivity index (χ3n) is 5.31. The van der Waals surface area contributed by atoms with Crippen LogP contribution < -0.4 is 5.32 Å². The maximum atomic E-state index is 13.2. The van der Waals surface area contributed by atoms with Gasteiger partial charge in [-0.15, -0.1) is 0 Å². The Morgan fingerprint density at radius 3 is 2.53 bits per heavy atom. The van der Waals surface area contributed by atoms with Crippen molar-refractivity contribution in [3.63, 3.8) is 0 Å². The molecular weight excluding hydrogens is 382 g/mol. The Labute approximate surface area is 172 Å². The predicted molar refractivity (Wildman–Crippen MR) is 112 cm³/mol. The molecule has 0 unspecified atom stereocenters. The number of likely N-dealkylation sites (tertiary alicyclic amines) is 1. The summed E-state index contributed by atoms with van der Waals surface area (Å²) in [4.78, 5) is 42.3. The molecule has 2 atom stereocenters. The number of anilines is 1. The van der Waals surface area contributed by atoms with E-state index >= 15 is 0 Å². The molecule has 0 saturated carbocycles. The minimum absolute atomic E-state index is 0.167. The lowest BCUT2D eigenvalue weighted by Gasteiger charge is -2.46. The van der Waals surface area contributed by atoms with Crippen molar-refractivity contribution in [2.24, 2.45) is 0 Å². The summed E-state index contributed by atoms with van der Waals surface area (Å²) in [7, 11) is 0. The summed E-state index contributed by atoms with van der Waals surface area (Å²) >= 11 is 0. The number of para-hydroxylation sites is 1. The monoisotopic (exact) mass is 401 g/mol. The number of hydrogen-bond donors (Lipinski definition) is 2. The van der Waals surface area contributed by atoms with E-state index in [9.17, 15) is 14.4 Å². The maximum absolute atomic E-state index is 13.2. The van der Waals surface area contributed by atoms with Crippen molar-refractivity contribution in [1.29, 1.82) is 0 Å². The highest BCUT2D eigenvalue weighted by atomic mass is 16.4. The molecule has 2 aromatic carbocycles. The van der Waals surface area contributed by atoms with Crippen LogP contribution in [0.25, 0.3) is 10.9 Å². The zero-order chi connectivity index (χ0) is 21.3. The summed E-state index contributed by atoms with van der Waals surface area (Å²) in [6, 6.07) is 14.9. The zero-order valence-corrected chi connectivity index (χ0v) is 16.0. The molecule has 1 fully saturated rings. The highest BCUT2D eigenvalue weighted by molar-refractivity contribution is 6.05. The minimum atomic E-state index is -1.02. The van der Waals surface area contributed by atoms with Crippen LogP contribution >= 0.6 is 0 Å². The van der Waals surface area contributed by atoms with Gasteiger partial charge in [0.25, 0.3) is 0 Å². The molecule has 2 amide bonds. The number of nitrogens with zero attached hydrogens (tertiary/aromatic N) is 2. The Hall–Kier alpha value is -4.00. The molecule has 1 saturated heterocycles. The number of carboxylic acids is 1. The van der Waals surface area contributed by atoms with Gasteiger partial charge in [0.1, 0.15) is 6.04 Å². The number of benzene rings is 2. The van der Waals surface area contributed by atoms with Crippen molar-refractivity contribution in [1.82, 2.24) is 9.88 Å². The molecule has 4 rings (SSSR count). The van der Waals surface area contributed by atoms with Gasteiger partial charge in [-0.2, -0.15) is 0 Å². The van der Waals surface area contributed by atoms with Crippen molar-refractivity contribution in [3.8, 4) is 0 Å². The first-order valence-electron chi connectivity index (χ1n) is 9.40. The van der Waals surface area contributed by atoms with Crippen molar-refractivity contribution in [3.05, 3.63) is 84.6 Å². The maximum Gasteiger partial charge on any atom is 0.335 e. The molecule has 2 N–H and O–H groups in total. The molecule has 1 aliphatic rings. The van der Waals surface area contributed by atoms with E-state index in [-0.39, 0.29) is 23.3 Å². The standard InChI is InChI=1S/C23H19N3O4/c1-2-19(27)26-13-17(14-8-10-16(11-9-14)23(29)30)21(26)22(28)25-18-7-3-5-15-6-4-12-24-20(15)18/h2-12,17,21H,1,13H2,(H,25,28)(H,29,30)/t17-,21+/m0/s1. The summed E-state index contributed by atoms with van der Waals surface area (Å²) in [5, 5.41) is 12.9. The second-order valence-corrected chi connectivity index (χ2v) is 7.04. The zero-order valence-electron chi connectivity index (χ0n) is 16.0. The van der Waals surface area contributed by atoms with Crippen LogP contribution in [0.4, 0.5) is 5.69 Å². The lowest BCUT2D eigenvalue weighted by atomic mass is 9.81.